The zero-order chi connectivity index (χ0) is 15.1. The first-order valence-electron chi connectivity index (χ1n) is 7.14. The van der Waals surface area contributed by atoms with Gasteiger partial charge in [0.15, 0.2) is 5.69 Å². The summed E-state index contributed by atoms with van der Waals surface area (Å²) in [6.07, 6.45) is 2.20. The van der Waals surface area contributed by atoms with Crippen molar-refractivity contribution < 1.29 is 4.79 Å². The average molecular weight is 284 g/mol. The number of aryl methyl sites for hydroxylation is 1. The number of benzene rings is 1. The Labute approximate surface area is 124 Å². The predicted molar refractivity (Wildman–Crippen MR) is 84.6 cm³/mol. The lowest BCUT2D eigenvalue weighted by atomic mass is 10.2. The Balaban J connectivity index is 1.94. The van der Waals surface area contributed by atoms with Gasteiger partial charge in [-0.1, -0.05) is 31.0 Å². The van der Waals surface area contributed by atoms with Crippen molar-refractivity contribution in [2.24, 2.45) is 0 Å². The smallest absolute Gasteiger partial charge is 0.276 e. The van der Waals surface area contributed by atoms with Gasteiger partial charge < -0.3 is 10.6 Å². The van der Waals surface area contributed by atoms with Gasteiger partial charge in [-0.2, -0.15) is 0 Å². The molecule has 5 nitrogen and oxygen atoms in total. The highest BCUT2D eigenvalue weighted by Gasteiger charge is 2.08. The molecular formula is C16H20N4O. The van der Waals surface area contributed by atoms with Gasteiger partial charge >= 0.3 is 0 Å². The zero-order valence-corrected chi connectivity index (χ0v) is 12.4. The number of unbranched alkanes of at least 4 members (excludes halogenated alkanes) is 1. The summed E-state index contributed by atoms with van der Waals surface area (Å²) >= 11 is 0. The van der Waals surface area contributed by atoms with E-state index in [0.717, 1.165) is 30.6 Å². The Morgan fingerprint density at radius 3 is 2.48 bits per heavy atom. The second-order valence-electron chi connectivity index (χ2n) is 4.90. The lowest BCUT2D eigenvalue weighted by Gasteiger charge is -2.06. The molecule has 2 N–H and O–H groups in total. The first-order chi connectivity index (χ1) is 10.2. The van der Waals surface area contributed by atoms with Gasteiger partial charge in [0.1, 0.15) is 5.82 Å². The minimum Gasteiger partial charge on any atom is -0.369 e. The molecule has 2 rings (SSSR count). The average Bonchev–Trinajstić information content (AvgIpc) is 2.50. The van der Waals surface area contributed by atoms with E-state index in [0.29, 0.717) is 11.5 Å². The molecule has 5 heteroatoms. The summed E-state index contributed by atoms with van der Waals surface area (Å²) in [6, 6.07) is 11.1. The fraction of sp³-hybridized carbons (Fsp3) is 0.312. The lowest BCUT2D eigenvalue weighted by molar-refractivity contribution is 0.102. The molecule has 0 aliphatic heterocycles. The summed E-state index contributed by atoms with van der Waals surface area (Å²) < 4.78 is 0. The van der Waals surface area contributed by atoms with Crippen LogP contribution in [0.1, 0.15) is 35.8 Å². The summed E-state index contributed by atoms with van der Waals surface area (Å²) in [6.45, 7) is 4.99. The highest BCUT2D eigenvalue weighted by Crippen LogP contribution is 2.10. The van der Waals surface area contributed by atoms with Crippen LogP contribution in [0.2, 0.25) is 0 Å². The lowest BCUT2D eigenvalue weighted by Crippen LogP contribution is -2.15. The molecule has 0 bridgehead atoms. The number of hydrogen-bond donors (Lipinski definition) is 2. The maximum atomic E-state index is 12.0. The Bertz CT molecular complexity index is 578. The van der Waals surface area contributed by atoms with Crippen LogP contribution in [0.25, 0.3) is 0 Å². The second-order valence-corrected chi connectivity index (χ2v) is 4.90. The maximum absolute atomic E-state index is 12.0. The van der Waals surface area contributed by atoms with Crippen molar-refractivity contribution in [2.75, 3.05) is 17.2 Å². The molecular weight excluding hydrogens is 264 g/mol. The van der Waals surface area contributed by atoms with Crippen LogP contribution in [-0.2, 0) is 0 Å². The SMILES string of the molecule is CCCCNc1ccc(C(=O)Nc2ccc(C)cc2)nn1. The van der Waals surface area contributed by atoms with E-state index < -0.39 is 0 Å². The fourth-order valence-corrected chi connectivity index (χ4v) is 1.77. The molecule has 0 saturated carbocycles. The van der Waals surface area contributed by atoms with E-state index in [1.807, 2.05) is 31.2 Å². The molecule has 0 radical (unpaired) electrons. The summed E-state index contributed by atoms with van der Waals surface area (Å²) in [5.74, 6) is 0.432. The molecule has 0 spiro atoms. The van der Waals surface area contributed by atoms with Gasteiger partial charge in [0.25, 0.3) is 5.91 Å². The summed E-state index contributed by atoms with van der Waals surface area (Å²) in [5, 5.41) is 13.9. The van der Waals surface area contributed by atoms with Crippen molar-refractivity contribution >= 4 is 17.4 Å². The van der Waals surface area contributed by atoms with Gasteiger partial charge in [0.2, 0.25) is 0 Å². The number of rotatable bonds is 6. The molecule has 0 saturated heterocycles. The van der Waals surface area contributed by atoms with Crippen LogP contribution in [0.3, 0.4) is 0 Å². The number of amides is 1. The van der Waals surface area contributed by atoms with Crippen molar-refractivity contribution in [1.82, 2.24) is 10.2 Å². The minimum absolute atomic E-state index is 0.258. The van der Waals surface area contributed by atoms with Crippen LogP contribution in [0, 0.1) is 6.92 Å². The number of carbonyl (C=O) groups excluding carboxylic acids is 1. The molecule has 0 aliphatic rings. The Hall–Kier alpha value is -2.43. The second kappa shape index (κ2) is 7.38. The van der Waals surface area contributed by atoms with Crippen LogP contribution in [0.4, 0.5) is 11.5 Å². The normalized spacial score (nSPS) is 10.2. The Kier molecular flexibility index (Phi) is 5.26. The van der Waals surface area contributed by atoms with Crippen molar-refractivity contribution in [1.29, 1.82) is 0 Å². The number of nitrogens with one attached hydrogen (secondary N) is 2. The van der Waals surface area contributed by atoms with Crippen molar-refractivity contribution in [3.63, 3.8) is 0 Å². The molecule has 0 atom stereocenters. The van der Waals surface area contributed by atoms with E-state index in [9.17, 15) is 4.79 Å². The monoisotopic (exact) mass is 284 g/mol. The third-order valence-electron chi connectivity index (χ3n) is 3.04. The molecule has 1 heterocycles. The summed E-state index contributed by atoms with van der Waals surface area (Å²) in [5.41, 5.74) is 2.20. The van der Waals surface area contributed by atoms with Crippen molar-refractivity contribution in [3.8, 4) is 0 Å². The Morgan fingerprint density at radius 2 is 1.86 bits per heavy atom. The third kappa shape index (κ3) is 4.56. The molecule has 0 fully saturated rings. The van der Waals surface area contributed by atoms with E-state index in [1.54, 1.807) is 12.1 Å². The standard InChI is InChI=1S/C16H20N4O/c1-3-4-11-17-15-10-9-14(19-20-15)16(21)18-13-7-5-12(2)6-8-13/h5-10H,3-4,11H2,1-2H3,(H,17,20)(H,18,21). The number of aromatic nitrogens is 2. The minimum atomic E-state index is -0.258. The van der Waals surface area contributed by atoms with E-state index in [2.05, 4.69) is 27.8 Å². The van der Waals surface area contributed by atoms with E-state index in [1.165, 1.54) is 0 Å². The van der Waals surface area contributed by atoms with Crippen LogP contribution in [0.15, 0.2) is 36.4 Å². The number of anilines is 2. The molecule has 110 valence electrons. The van der Waals surface area contributed by atoms with Gasteiger partial charge in [0, 0.05) is 12.2 Å². The summed E-state index contributed by atoms with van der Waals surface area (Å²) in [4.78, 5) is 12.0. The number of nitrogens with zero attached hydrogens (tertiary/aromatic N) is 2. The first kappa shape index (κ1) is 15.0. The molecule has 2 aromatic rings. The first-order valence-corrected chi connectivity index (χ1v) is 7.14. The van der Waals surface area contributed by atoms with Crippen molar-refractivity contribution in [3.05, 3.63) is 47.7 Å². The third-order valence-corrected chi connectivity index (χ3v) is 3.04. The fourth-order valence-electron chi connectivity index (χ4n) is 1.77. The van der Waals surface area contributed by atoms with E-state index >= 15 is 0 Å². The van der Waals surface area contributed by atoms with E-state index in [4.69, 9.17) is 0 Å². The molecule has 21 heavy (non-hydrogen) atoms. The molecule has 0 unspecified atom stereocenters. The quantitative estimate of drug-likeness (QED) is 0.799. The largest absolute Gasteiger partial charge is 0.369 e. The molecule has 1 aromatic heterocycles. The number of carbonyl (C=O) groups is 1. The van der Waals surface area contributed by atoms with Crippen molar-refractivity contribution in [2.45, 2.75) is 26.7 Å². The highest BCUT2D eigenvalue weighted by atomic mass is 16.1. The van der Waals surface area contributed by atoms with Gasteiger partial charge in [0.05, 0.1) is 0 Å². The maximum Gasteiger partial charge on any atom is 0.276 e. The molecule has 1 aromatic carbocycles. The van der Waals surface area contributed by atoms with Crippen LogP contribution < -0.4 is 10.6 Å². The molecule has 1 amide bonds. The van der Waals surface area contributed by atoms with E-state index in [-0.39, 0.29) is 5.91 Å². The van der Waals surface area contributed by atoms with Gasteiger partial charge in [-0.15, -0.1) is 10.2 Å². The predicted octanol–water partition coefficient (Wildman–Crippen LogP) is 3.25. The van der Waals surface area contributed by atoms with Gasteiger partial charge in [-0.3, -0.25) is 4.79 Å². The van der Waals surface area contributed by atoms with Crippen LogP contribution in [-0.4, -0.2) is 22.6 Å². The van der Waals surface area contributed by atoms with Gasteiger partial charge in [-0.25, -0.2) is 0 Å². The number of hydrogen-bond acceptors (Lipinski definition) is 4. The highest BCUT2D eigenvalue weighted by molar-refractivity contribution is 6.02. The van der Waals surface area contributed by atoms with Gasteiger partial charge in [-0.05, 0) is 37.6 Å². The van der Waals surface area contributed by atoms with Crippen LogP contribution in [0.5, 0.6) is 0 Å². The topological polar surface area (TPSA) is 66.9 Å². The van der Waals surface area contributed by atoms with Crippen LogP contribution >= 0.6 is 0 Å². The Morgan fingerprint density at radius 1 is 1.10 bits per heavy atom. The summed E-state index contributed by atoms with van der Waals surface area (Å²) in [7, 11) is 0. The zero-order valence-electron chi connectivity index (χ0n) is 12.4. The molecule has 0 aliphatic carbocycles.